The Kier molecular flexibility index (Phi) is 6.17. The molecule has 0 radical (unpaired) electrons. The monoisotopic (exact) mass is 474 g/mol. The van der Waals surface area contributed by atoms with Gasteiger partial charge in [-0.25, -0.2) is 9.67 Å². The molecule has 5 rings (SSSR count). The Bertz CT molecular complexity index is 1410. The first-order valence-corrected chi connectivity index (χ1v) is 11.5. The summed E-state index contributed by atoms with van der Waals surface area (Å²) in [7, 11) is 3.11. The van der Waals surface area contributed by atoms with Crippen molar-refractivity contribution in [1.29, 1.82) is 0 Å². The minimum absolute atomic E-state index is 0.0222. The molecule has 0 spiro atoms. The Morgan fingerprint density at radius 1 is 1.09 bits per heavy atom. The van der Waals surface area contributed by atoms with Crippen LogP contribution < -0.4 is 15.0 Å². The van der Waals surface area contributed by atoms with E-state index in [1.54, 1.807) is 34.9 Å². The van der Waals surface area contributed by atoms with E-state index in [4.69, 9.17) is 14.5 Å². The predicted molar refractivity (Wildman–Crippen MR) is 129 cm³/mol. The number of rotatable bonds is 6. The summed E-state index contributed by atoms with van der Waals surface area (Å²) in [6.45, 7) is 1.56. The third kappa shape index (κ3) is 4.46. The number of hydrogen-bond donors (Lipinski definition) is 1. The van der Waals surface area contributed by atoms with Gasteiger partial charge in [0, 0.05) is 25.1 Å². The zero-order valence-electron chi connectivity index (χ0n) is 19.6. The lowest BCUT2D eigenvalue weighted by Crippen LogP contribution is -2.38. The van der Waals surface area contributed by atoms with Gasteiger partial charge in [0.1, 0.15) is 17.3 Å². The quantitative estimate of drug-likeness (QED) is 0.457. The first-order valence-electron chi connectivity index (χ1n) is 11.5. The van der Waals surface area contributed by atoms with Crippen LogP contribution in [-0.4, -0.2) is 63.1 Å². The maximum atomic E-state index is 13.1. The van der Waals surface area contributed by atoms with Crippen LogP contribution in [0.2, 0.25) is 0 Å². The molecule has 1 aliphatic heterocycles. The predicted octanol–water partition coefficient (Wildman–Crippen LogP) is 2.60. The first kappa shape index (κ1) is 22.6. The highest BCUT2D eigenvalue weighted by molar-refractivity contribution is 5.97. The van der Waals surface area contributed by atoms with E-state index in [9.17, 15) is 9.59 Å². The van der Waals surface area contributed by atoms with Gasteiger partial charge in [-0.2, -0.15) is 0 Å². The lowest BCUT2D eigenvalue weighted by Gasteiger charge is -2.31. The number of nitrogens with one attached hydrogen (secondary N) is 1. The van der Waals surface area contributed by atoms with Gasteiger partial charge < -0.3 is 19.4 Å². The van der Waals surface area contributed by atoms with Gasteiger partial charge in [-0.15, -0.1) is 5.10 Å². The van der Waals surface area contributed by atoms with E-state index in [2.05, 4.69) is 15.3 Å². The fourth-order valence-corrected chi connectivity index (χ4v) is 4.44. The lowest BCUT2D eigenvalue weighted by atomic mass is 9.95. The number of carbonyl (C=O) groups is 1. The van der Waals surface area contributed by atoms with Gasteiger partial charge in [-0.3, -0.25) is 9.59 Å². The van der Waals surface area contributed by atoms with E-state index in [0.29, 0.717) is 61.0 Å². The van der Waals surface area contributed by atoms with Crippen LogP contribution in [0.4, 0.5) is 0 Å². The number of piperidine rings is 1. The highest BCUT2D eigenvalue weighted by atomic mass is 16.5. The molecule has 3 heterocycles. The van der Waals surface area contributed by atoms with E-state index < -0.39 is 0 Å². The molecule has 1 amide bonds. The molecule has 0 bridgehead atoms. The number of H-pyrrole nitrogens is 1. The number of methoxy groups -OCH3 is 2. The summed E-state index contributed by atoms with van der Waals surface area (Å²) in [6.07, 6.45) is 1.36. The molecular formula is C25H26N6O4. The number of benzene rings is 2. The number of aromatic amines is 1. The molecule has 180 valence electrons. The van der Waals surface area contributed by atoms with Crippen LogP contribution >= 0.6 is 0 Å². The third-order valence-electron chi connectivity index (χ3n) is 6.38. The number of fused-ring (bicyclic) bond motifs is 1. The molecule has 0 saturated carbocycles. The Morgan fingerprint density at radius 2 is 1.86 bits per heavy atom. The molecule has 10 heteroatoms. The van der Waals surface area contributed by atoms with Crippen molar-refractivity contribution in [3.05, 3.63) is 75.8 Å². The van der Waals surface area contributed by atoms with E-state index >= 15 is 0 Å². The second-order valence-corrected chi connectivity index (χ2v) is 8.49. The van der Waals surface area contributed by atoms with Crippen molar-refractivity contribution in [2.45, 2.75) is 25.3 Å². The van der Waals surface area contributed by atoms with Gasteiger partial charge in [-0.1, -0.05) is 35.5 Å². The van der Waals surface area contributed by atoms with Crippen LogP contribution in [0.5, 0.6) is 11.5 Å². The highest BCUT2D eigenvalue weighted by Gasteiger charge is 2.28. The molecule has 10 nitrogen and oxygen atoms in total. The van der Waals surface area contributed by atoms with Crippen molar-refractivity contribution in [2.75, 3.05) is 27.3 Å². The molecule has 2 aromatic carbocycles. The SMILES string of the molecule is COc1ccc(C(=O)N2CCC(c3nc4c(nnn4Cc4ccccc4)c(=O)[nH]3)CC2)c(OC)c1. The van der Waals surface area contributed by atoms with Gasteiger partial charge in [0.25, 0.3) is 11.5 Å². The maximum absolute atomic E-state index is 13.1. The fraction of sp³-hybridized carbons (Fsp3) is 0.320. The van der Waals surface area contributed by atoms with Gasteiger partial charge in [0.2, 0.25) is 0 Å². The van der Waals surface area contributed by atoms with Gasteiger partial charge in [0.15, 0.2) is 11.2 Å². The van der Waals surface area contributed by atoms with Crippen LogP contribution in [0.15, 0.2) is 53.3 Å². The summed E-state index contributed by atoms with van der Waals surface area (Å²) in [4.78, 5) is 35.3. The summed E-state index contributed by atoms with van der Waals surface area (Å²) in [5, 5.41) is 8.18. The molecule has 1 N–H and O–H groups in total. The largest absolute Gasteiger partial charge is 0.497 e. The fourth-order valence-electron chi connectivity index (χ4n) is 4.44. The highest BCUT2D eigenvalue weighted by Crippen LogP contribution is 2.30. The molecule has 1 saturated heterocycles. The van der Waals surface area contributed by atoms with Crippen LogP contribution in [-0.2, 0) is 6.54 Å². The summed E-state index contributed by atoms with van der Waals surface area (Å²) in [5.41, 5.74) is 1.93. The third-order valence-corrected chi connectivity index (χ3v) is 6.38. The first-order chi connectivity index (χ1) is 17.1. The smallest absolute Gasteiger partial charge is 0.281 e. The van der Waals surface area contributed by atoms with E-state index in [-0.39, 0.29) is 22.9 Å². The number of aromatic nitrogens is 5. The average molecular weight is 475 g/mol. The minimum Gasteiger partial charge on any atom is -0.497 e. The van der Waals surface area contributed by atoms with Crippen LogP contribution in [0.25, 0.3) is 11.2 Å². The second-order valence-electron chi connectivity index (χ2n) is 8.49. The Balaban J connectivity index is 1.33. The van der Waals surface area contributed by atoms with Gasteiger partial charge >= 0.3 is 0 Å². The maximum Gasteiger partial charge on any atom is 0.281 e. The number of likely N-dealkylation sites (tertiary alicyclic amines) is 1. The van der Waals surface area contributed by atoms with Crippen molar-refractivity contribution < 1.29 is 14.3 Å². The standard InChI is InChI=1S/C25H26N6O4/c1-34-18-8-9-19(20(14-18)35-2)25(33)30-12-10-17(11-13-30)22-26-23-21(24(32)27-22)28-29-31(23)15-16-6-4-3-5-7-16/h3-9,14,17H,10-13,15H2,1-2H3,(H,26,27,32). The van der Waals surface area contributed by atoms with Crippen molar-refractivity contribution in [2.24, 2.45) is 0 Å². The lowest BCUT2D eigenvalue weighted by molar-refractivity contribution is 0.0707. The average Bonchev–Trinajstić information content (AvgIpc) is 3.31. The minimum atomic E-state index is -0.300. The Morgan fingerprint density at radius 3 is 2.57 bits per heavy atom. The number of carbonyl (C=O) groups excluding carboxylic acids is 1. The summed E-state index contributed by atoms with van der Waals surface area (Å²) in [6, 6.07) is 15.0. The zero-order chi connectivity index (χ0) is 24.4. The molecule has 1 aliphatic rings. The molecule has 4 aromatic rings. The molecular weight excluding hydrogens is 448 g/mol. The molecule has 1 fully saturated rings. The molecule has 0 unspecified atom stereocenters. The van der Waals surface area contributed by atoms with Crippen molar-refractivity contribution >= 4 is 17.1 Å². The molecule has 35 heavy (non-hydrogen) atoms. The number of hydrogen-bond acceptors (Lipinski definition) is 7. The Labute approximate surface area is 201 Å². The summed E-state index contributed by atoms with van der Waals surface area (Å²) >= 11 is 0. The summed E-state index contributed by atoms with van der Waals surface area (Å²) in [5.74, 6) is 1.64. The van der Waals surface area contributed by atoms with E-state index in [1.807, 2.05) is 30.3 Å². The van der Waals surface area contributed by atoms with Crippen molar-refractivity contribution in [3.8, 4) is 11.5 Å². The summed E-state index contributed by atoms with van der Waals surface area (Å²) < 4.78 is 12.3. The topological polar surface area (TPSA) is 115 Å². The van der Waals surface area contributed by atoms with Crippen molar-refractivity contribution in [3.63, 3.8) is 0 Å². The molecule has 0 aliphatic carbocycles. The van der Waals surface area contributed by atoms with Gasteiger partial charge in [-0.05, 0) is 30.5 Å². The van der Waals surface area contributed by atoms with Crippen molar-refractivity contribution in [1.82, 2.24) is 29.9 Å². The zero-order valence-corrected chi connectivity index (χ0v) is 19.6. The number of ether oxygens (including phenoxy) is 2. The number of nitrogens with zero attached hydrogens (tertiary/aromatic N) is 5. The molecule has 2 aromatic heterocycles. The number of amides is 1. The van der Waals surface area contributed by atoms with E-state index in [0.717, 1.165) is 5.56 Å². The van der Waals surface area contributed by atoms with Crippen LogP contribution in [0, 0.1) is 0 Å². The molecule has 0 atom stereocenters. The van der Waals surface area contributed by atoms with Crippen LogP contribution in [0.1, 0.15) is 40.5 Å². The van der Waals surface area contributed by atoms with E-state index in [1.165, 1.54) is 7.11 Å². The second kappa shape index (κ2) is 9.57. The normalized spacial score (nSPS) is 14.3. The van der Waals surface area contributed by atoms with Gasteiger partial charge in [0.05, 0.1) is 26.3 Å². The Hall–Kier alpha value is -4.21. The van der Waals surface area contributed by atoms with Crippen LogP contribution in [0.3, 0.4) is 0 Å².